The maximum Gasteiger partial charge on any atom is 0.320 e. The van der Waals surface area contributed by atoms with E-state index in [2.05, 4.69) is 0 Å². The van der Waals surface area contributed by atoms with Crippen molar-refractivity contribution in [3.05, 3.63) is 0 Å². The van der Waals surface area contributed by atoms with Crippen LogP contribution >= 0.6 is 0 Å². The van der Waals surface area contributed by atoms with E-state index in [1.807, 2.05) is 0 Å². The molecule has 2 rings (SSSR count). The lowest BCUT2D eigenvalue weighted by atomic mass is 9.97. The van der Waals surface area contributed by atoms with Crippen molar-refractivity contribution in [1.82, 2.24) is 4.90 Å². The van der Waals surface area contributed by atoms with Gasteiger partial charge in [0.2, 0.25) is 0 Å². The van der Waals surface area contributed by atoms with Crippen LogP contribution in [0.2, 0.25) is 0 Å². The van der Waals surface area contributed by atoms with Crippen LogP contribution in [0.4, 0.5) is 0 Å². The largest absolute Gasteiger partial charge is 0.480 e. The van der Waals surface area contributed by atoms with E-state index in [4.69, 9.17) is 14.9 Å². The normalized spacial score (nSPS) is 44.4. The molecule has 5 N–H and O–H groups in total. The van der Waals surface area contributed by atoms with Crippen molar-refractivity contribution < 1.29 is 35.1 Å². The Labute approximate surface area is 109 Å². The Bertz CT molecular complexity index is 337. The first-order valence-corrected chi connectivity index (χ1v) is 6.26. The number of carboxylic acids is 1. The van der Waals surface area contributed by atoms with Crippen molar-refractivity contribution in [3.63, 3.8) is 0 Å². The number of aliphatic hydroxyl groups excluding tert-OH is 4. The van der Waals surface area contributed by atoms with E-state index in [9.17, 15) is 20.1 Å². The number of nitrogens with zero attached hydrogens (tertiary/aromatic N) is 1. The summed E-state index contributed by atoms with van der Waals surface area (Å²) in [5.41, 5.74) is 0. The van der Waals surface area contributed by atoms with Gasteiger partial charge >= 0.3 is 5.97 Å². The van der Waals surface area contributed by atoms with Crippen molar-refractivity contribution in [1.29, 1.82) is 0 Å². The molecule has 2 aliphatic rings. The van der Waals surface area contributed by atoms with Gasteiger partial charge in [0.15, 0.2) is 0 Å². The fraction of sp³-hybridized carbons (Fsp3) is 0.909. The molecule has 0 amide bonds. The molecule has 2 heterocycles. The second kappa shape index (κ2) is 5.70. The summed E-state index contributed by atoms with van der Waals surface area (Å²) >= 11 is 0. The minimum absolute atomic E-state index is 0.416. The van der Waals surface area contributed by atoms with Crippen molar-refractivity contribution in [2.75, 3.05) is 13.2 Å². The van der Waals surface area contributed by atoms with E-state index in [0.29, 0.717) is 19.4 Å². The van der Waals surface area contributed by atoms with Gasteiger partial charge in [-0.2, -0.15) is 0 Å². The fourth-order valence-corrected chi connectivity index (χ4v) is 2.71. The van der Waals surface area contributed by atoms with Gasteiger partial charge < -0.3 is 30.3 Å². The Hall–Kier alpha value is -0.770. The third-order valence-corrected chi connectivity index (χ3v) is 3.77. The molecule has 2 fully saturated rings. The molecular formula is C11H19NO7. The third kappa shape index (κ3) is 2.60. The molecule has 8 nitrogen and oxygen atoms in total. The lowest BCUT2D eigenvalue weighted by Crippen LogP contribution is -2.64. The first-order valence-electron chi connectivity index (χ1n) is 6.26. The molecule has 0 spiro atoms. The number of aliphatic carboxylic acids is 1. The van der Waals surface area contributed by atoms with Gasteiger partial charge in [-0.1, -0.05) is 0 Å². The minimum Gasteiger partial charge on any atom is -0.480 e. The highest BCUT2D eigenvalue weighted by Gasteiger charge is 2.49. The molecule has 6 atom stereocenters. The third-order valence-electron chi connectivity index (χ3n) is 3.77. The van der Waals surface area contributed by atoms with Crippen LogP contribution in [0, 0.1) is 0 Å². The van der Waals surface area contributed by atoms with Crippen LogP contribution in [-0.2, 0) is 9.53 Å². The molecule has 1 unspecified atom stereocenters. The summed E-state index contributed by atoms with van der Waals surface area (Å²) in [6.45, 7) is -0.104. The predicted octanol–water partition coefficient (Wildman–Crippen LogP) is -2.66. The lowest BCUT2D eigenvalue weighted by Gasteiger charge is -2.44. The molecule has 19 heavy (non-hydrogen) atoms. The number of hydrogen-bond donors (Lipinski definition) is 5. The molecule has 110 valence electrons. The lowest BCUT2D eigenvalue weighted by molar-refractivity contribution is -0.266. The minimum atomic E-state index is -1.48. The van der Waals surface area contributed by atoms with Crippen LogP contribution in [-0.4, -0.2) is 86.2 Å². The molecule has 2 aliphatic heterocycles. The van der Waals surface area contributed by atoms with E-state index < -0.39 is 49.3 Å². The molecule has 2 saturated heterocycles. The molecule has 0 radical (unpaired) electrons. The van der Waals surface area contributed by atoms with Gasteiger partial charge in [0, 0.05) is 6.54 Å². The van der Waals surface area contributed by atoms with Gasteiger partial charge in [-0.25, -0.2) is 0 Å². The predicted molar refractivity (Wildman–Crippen MR) is 61.1 cm³/mol. The van der Waals surface area contributed by atoms with Crippen LogP contribution in [0.3, 0.4) is 0 Å². The van der Waals surface area contributed by atoms with E-state index in [1.54, 1.807) is 0 Å². The molecule has 0 aromatic carbocycles. The topological polar surface area (TPSA) is 131 Å². The highest BCUT2D eigenvalue weighted by Crippen LogP contribution is 2.29. The molecule has 0 saturated carbocycles. The Kier molecular flexibility index (Phi) is 4.39. The zero-order valence-corrected chi connectivity index (χ0v) is 10.3. The summed E-state index contributed by atoms with van der Waals surface area (Å²) in [6, 6.07) is -0.790. The van der Waals surface area contributed by atoms with E-state index in [1.165, 1.54) is 4.90 Å². The van der Waals surface area contributed by atoms with Crippen LogP contribution in [0.15, 0.2) is 0 Å². The zero-order valence-electron chi connectivity index (χ0n) is 10.3. The van der Waals surface area contributed by atoms with Gasteiger partial charge in [-0.05, 0) is 12.8 Å². The van der Waals surface area contributed by atoms with Gasteiger partial charge in [-0.3, -0.25) is 9.69 Å². The zero-order chi connectivity index (χ0) is 14.2. The Morgan fingerprint density at radius 2 is 1.89 bits per heavy atom. The summed E-state index contributed by atoms with van der Waals surface area (Å²) in [5.74, 6) is -1.02. The van der Waals surface area contributed by atoms with Crippen molar-refractivity contribution in [3.8, 4) is 0 Å². The number of carbonyl (C=O) groups is 1. The van der Waals surface area contributed by atoms with Gasteiger partial charge in [-0.15, -0.1) is 0 Å². The number of aliphatic hydroxyl groups is 4. The van der Waals surface area contributed by atoms with E-state index >= 15 is 0 Å². The van der Waals surface area contributed by atoms with Crippen molar-refractivity contribution in [2.45, 2.75) is 49.5 Å². The van der Waals surface area contributed by atoms with Crippen LogP contribution < -0.4 is 0 Å². The molecule has 0 aliphatic carbocycles. The highest BCUT2D eigenvalue weighted by molar-refractivity contribution is 5.73. The Balaban J connectivity index is 2.16. The quantitative estimate of drug-likeness (QED) is 0.378. The standard InChI is InChI=1S/C11H19NO7/c13-4-6-7(14)8(15)9(16)10(19-6)12-3-1-2-5(12)11(17)18/h5-10,13-16H,1-4H2,(H,17,18)/t5-,6+,7+,8-,9+,10?/m0/s1. The van der Waals surface area contributed by atoms with Crippen molar-refractivity contribution in [2.24, 2.45) is 0 Å². The second-order valence-electron chi connectivity index (χ2n) is 4.95. The number of carboxylic acid groups (broad SMARTS) is 1. The monoisotopic (exact) mass is 277 g/mol. The fourth-order valence-electron chi connectivity index (χ4n) is 2.71. The molecule has 0 aromatic heterocycles. The van der Waals surface area contributed by atoms with Crippen LogP contribution in [0.1, 0.15) is 12.8 Å². The Morgan fingerprint density at radius 3 is 2.47 bits per heavy atom. The van der Waals surface area contributed by atoms with E-state index in [0.717, 1.165) is 0 Å². The maximum absolute atomic E-state index is 11.1. The smallest absolute Gasteiger partial charge is 0.320 e. The van der Waals surface area contributed by atoms with Gasteiger partial charge in [0.1, 0.15) is 36.7 Å². The summed E-state index contributed by atoms with van der Waals surface area (Å²) in [5, 5.41) is 47.5. The average Bonchev–Trinajstić information content (AvgIpc) is 2.85. The second-order valence-corrected chi connectivity index (χ2v) is 4.95. The van der Waals surface area contributed by atoms with Gasteiger partial charge in [0.05, 0.1) is 6.61 Å². The summed E-state index contributed by atoms with van der Waals surface area (Å²) in [4.78, 5) is 12.6. The molecule has 0 bridgehead atoms. The number of rotatable bonds is 3. The van der Waals surface area contributed by atoms with E-state index in [-0.39, 0.29) is 0 Å². The maximum atomic E-state index is 11.1. The number of hydrogen-bond acceptors (Lipinski definition) is 7. The highest BCUT2D eigenvalue weighted by atomic mass is 16.6. The number of ether oxygens (including phenoxy) is 1. The first-order chi connectivity index (χ1) is 8.97. The van der Waals surface area contributed by atoms with Crippen LogP contribution in [0.5, 0.6) is 0 Å². The molecule has 8 heteroatoms. The van der Waals surface area contributed by atoms with Crippen LogP contribution in [0.25, 0.3) is 0 Å². The average molecular weight is 277 g/mol. The first kappa shape index (κ1) is 14.6. The SMILES string of the molecule is O=C(O)[C@@H]1CCCN1C1O[C@H](CO)[C@@H](O)[C@H](O)[C@H]1O. The summed E-state index contributed by atoms with van der Waals surface area (Å²) in [7, 11) is 0. The van der Waals surface area contributed by atoms with Crippen molar-refractivity contribution >= 4 is 5.97 Å². The Morgan fingerprint density at radius 1 is 1.21 bits per heavy atom. The molecular weight excluding hydrogens is 258 g/mol. The number of likely N-dealkylation sites (tertiary alicyclic amines) is 1. The summed E-state index contributed by atoms with van der Waals surface area (Å²) in [6.07, 6.45) is -5.31. The summed E-state index contributed by atoms with van der Waals surface area (Å²) < 4.78 is 5.35. The van der Waals surface area contributed by atoms with Gasteiger partial charge in [0.25, 0.3) is 0 Å². The molecule has 0 aromatic rings.